The number of rotatable bonds is 8. The zero-order chi connectivity index (χ0) is 20.3. The van der Waals surface area contributed by atoms with Gasteiger partial charge < -0.3 is 24.4 Å². The van der Waals surface area contributed by atoms with Crippen molar-refractivity contribution in [1.82, 2.24) is 5.32 Å². The molecular formula is C21H24NO6-. The van der Waals surface area contributed by atoms with Gasteiger partial charge in [-0.15, -0.1) is 0 Å². The predicted molar refractivity (Wildman–Crippen MR) is 101 cm³/mol. The molecule has 7 heteroatoms. The minimum atomic E-state index is -1.30. The maximum Gasteiger partial charge on any atom is 0.339 e. The molecular weight excluding hydrogens is 362 g/mol. The molecule has 150 valence electrons. The highest BCUT2D eigenvalue weighted by Crippen LogP contribution is 2.35. The van der Waals surface area contributed by atoms with E-state index >= 15 is 0 Å². The van der Waals surface area contributed by atoms with E-state index in [-0.39, 0.29) is 12.2 Å². The molecule has 1 aliphatic carbocycles. The standard InChI is InChI=1S/C21H25NO6/c1-3-4-8-15(20(24)25)22-18(23)11-27-16-9-12(2)10-17-19(16)13-6-5-7-14(13)21(26)28-17/h9-10,15H,3-8,11H2,1-2H3,(H,22,23)(H,24,25)/p-1/t15-/m1/s1. The maximum absolute atomic E-state index is 12.2. The molecule has 0 aliphatic heterocycles. The molecule has 1 N–H and O–H groups in total. The van der Waals surface area contributed by atoms with Gasteiger partial charge in [-0.2, -0.15) is 0 Å². The van der Waals surface area contributed by atoms with Crippen LogP contribution in [0.3, 0.4) is 0 Å². The number of hydrogen-bond acceptors (Lipinski definition) is 6. The SMILES string of the molecule is CCCC[C@@H](NC(=O)COc1cc(C)cc2oc(=O)c3c(c12)CCC3)C(=O)[O-]. The van der Waals surface area contributed by atoms with E-state index in [9.17, 15) is 19.5 Å². The maximum atomic E-state index is 12.2. The molecule has 0 bridgehead atoms. The minimum absolute atomic E-state index is 0.316. The number of benzene rings is 1. The second-order valence-corrected chi connectivity index (χ2v) is 7.21. The van der Waals surface area contributed by atoms with E-state index < -0.39 is 17.9 Å². The van der Waals surface area contributed by atoms with E-state index in [0.29, 0.717) is 41.5 Å². The van der Waals surface area contributed by atoms with Crippen molar-refractivity contribution in [2.45, 2.75) is 58.4 Å². The van der Waals surface area contributed by atoms with Crippen LogP contribution < -0.4 is 20.8 Å². The van der Waals surface area contributed by atoms with E-state index in [2.05, 4.69) is 5.32 Å². The number of fused-ring (bicyclic) bond motifs is 3. The van der Waals surface area contributed by atoms with E-state index in [0.717, 1.165) is 30.4 Å². The van der Waals surface area contributed by atoms with Gasteiger partial charge in [0.15, 0.2) is 6.61 Å². The number of amides is 1. The first-order valence-electron chi connectivity index (χ1n) is 9.63. The molecule has 0 radical (unpaired) electrons. The molecule has 1 aromatic carbocycles. The normalized spacial score (nSPS) is 13.9. The second-order valence-electron chi connectivity index (χ2n) is 7.21. The summed E-state index contributed by atoms with van der Waals surface area (Å²) in [6.07, 6.45) is 4.11. The molecule has 1 aliphatic rings. The molecule has 1 aromatic heterocycles. The summed E-state index contributed by atoms with van der Waals surface area (Å²) in [5.74, 6) is -1.37. The van der Waals surface area contributed by atoms with E-state index in [1.54, 1.807) is 12.1 Å². The Labute approximate surface area is 162 Å². The van der Waals surface area contributed by atoms with Gasteiger partial charge in [-0.05, 0) is 55.9 Å². The van der Waals surface area contributed by atoms with Crippen LogP contribution in [0, 0.1) is 6.92 Å². The summed E-state index contributed by atoms with van der Waals surface area (Å²) in [6.45, 7) is 3.45. The fourth-order valence-corrected chi connectivity index (χ4v) is 3.66. The lowest BCUT2D eigenvalue weighted by molar-refractivity contribution is -0.308. The summed E-state index contributed by atoms with van der Waals surface area (Å²) >= 11 is 0. The van der Waals surface area contributed by atoms with E-state index in [4.69, 9.17) is 9.15 Å². The lowest BCUT2D eigenvalue weighted by atomic mass is 10.0. The quantitative estimate of drug-likeness (QED) is 0.687. The van der Waals surface area contributed by atoms with Crippen molar-refractivity contribution in [2.24, 2.45) is 0 Å². The zero-order valence-electron chi connectivity index (χ0n) is 16.1. The van der Waals surface area contributed by atoms with Gasteiger partial charge in [0.2, 0.25) is 0 Å². The van der Waals surface area contributed by atoms with Crippen molar-refractivity contribution in [3.8, 4) is 5.75 Å². The van der Waals surface area contributed by atoms with Crippen LogP contribution in [0.1, 0.15) is 49.3 Å². The Kier molecular flexibility index (Phi) is 6.02. The summed E-state index contributed by atoms with van der Waals surface area (Å²) in [6, 6.07) is 2.54. The number of aryl methyl sites for hydroxylation is 2. The molecule has 0 spiro atoms. The average molecular weight is 386 g/mol. The van der Waals surface area contributed by atoms with Crippen LogP contribution in [0.15, 0.2) is 21.3 Å². The van der Waals surface area contributed by atoms with Crippen LogP contribution in [0.25, 0.3) is 11.0 Å². The highest BCUT2D eigenvalue weighted by molar-refractivity contribution is 5.89. The average Bonchev–Trinajstić information content (AvgIpc) is 3.13. The first-order valence-corrected chi connectivity index (χ1v) is 9.63. The van der Waals surface area contributed by atoms with Crippen LogP contribution in [0.2, 0.25) is 0 Å². The minimum Gasteiger partial charge on any atom is -0.548 e. The van der Waals surface area contributed by atoms with Crippen molar-refractivity contribution in [3.05, 3.63) is 39.2 Å². The third-order valence-electron chi connectivity index (χ3n) is 5.00. The number of hydrogen-bond donors (Lipinski definition) is 1. The highest BCUT2D eigenvalue weighted by atomic mass is 16.5. The molecule has 0 unspecified atom stereocenters. The summed E-state index contributed by atoms with van der Waals surface area (Å²) in [4.78, 5) is 35.5. The van der Waals surface area contributed by atoms with Crippen LogP contribution in [-0.4, -0.2) is 24.5 Å². The summed E-state index contributed by atoms with van der Waals surface area (Å²) in [5, 5.41) is 14.3. The predicted octanol–water partition coefficient (Wildman–Crippen LogP) is 1.39. The highest BCUT2D eigenvalue weighted by Gasteiger charge is 2.23. The second kappa shape index (κ2) is 8.46. The van der Waals surface area contributed by atoms with Gasteiger partial charge in [-0.3, -0.25) is 4.79 Å². The number of unbranched alkanes of at least 4 members (excludes halogenated alkanes) is 1. The van der Waals surface area contributed by atoms with Crippen LogP contribution in [0.4, 0.5) is 0 Å². The Morgan fingerprint density at radius 2 is 2.04 bits per heavy atom. The molecule has 1 heterocycles. The number of carboxylic acids is 1. The topological polar surface area (TPSA) is 109 Å². The van der Waals surface area contributed by atoms with Crippen LogP contribution in [-0.2, 0) is 22.4 Å². The molecule has 1 atom stereocenters. The Balaban J connectivity index is 1.81. The molecule has 28 heavy (non-hydrogen) atoms. The fraction of sp³-hybridized carbons (Fsp3) is 0.476. The van der Waals surface area contributed by atoms with Crippen molar-refractivity contribution >= 4 is 22.8 Å². The Bertz CT molecular complexity index is 962. The van der Waals surface area contributed by atoms with Gasteiger partial charge in [-0.1, -0.05) is 19.8 Å². The van der Waals surface area contributed by atoms with Gasteiger partial charge in [0.25, 0.3) is 5.91 Å². The van der Waals surface area contributed by atoms with Crippen molar-refractivity contribution in [3.63, 3.8) is 0 Å². The van der Waals surface area contributed by atoms with E-state index in [1.165, 1.54) is 0 Å². The number of ether oxygens (including phenoxy) is 1. The lowest BCUT2D eigenvalue weighted by Gasteiger charge is -2.20. The molecule has 0 saturated heterocycles. The van der Waals surface area contributed by atoms with Gasteiger partial charge in [0.05, 0.1) is 17.4 Å². The Morgan fingerprint density at radius 3 is 2.75 bits per heavy atom. The van der Waals surface area contributed by atoms with Crippen LogP contribution in [0.5, 0.6) is 5.75 Å². The Hall–Kier alpha value is -2.83. The number of carbonyl (C=O) groups is 2. The lowest BCUT2D eigenvalue weighted by Crippen LogP contribution is -2.49. The van der Waals surface area contributed by atoms with Crippen LogP contribution >= 0.6 is 0 Å². The van der Waals surface area contributed by atoms with Gasteiger partial charge in [0.1, 0.15) is 11.3 Å². The number of aliphatic carboxylic acids is 1. The van der Waals surface area contributed by atoms with Gasteiger partial charge in [0, 0.05) is 5.56 Å². The third kappa shape index (κ3) is 4.18. The fourth-order valence-electron chi connectivity index (χ4n) is 3.66. The van der Waals surface area contributed by atoms with E-state index in [1.807, 2.05) is 13.8 Å². The number of nitrogens with one attached hydrogen (secondary N) is 1. The number of carboxylic acid groups (broad SMARTS) is 1. The Morgan fingerprint density at radius 1 is 1.29 bits per heavy atom. The first-order chi connectivity index (χ1) is 13.4. The molecule has 0 saturated carbocycles. The summed E-state index contributed by atoms with van der Waals surface area (Å²) in [5.41, 5.74) is 2.54. The number of carbonyl (C=O) groups excluding carboxylic acids is 2. The smallest absolute Gasteiger partial charge is 0.339 e. The largest absolute Gasteiger partial charge is 0.548 e. The molecule has 0 fully saturated rings. The molecule has 7 nitrogen and oxygen atoms in total. The summed E-state index contributed by atoms with van der Waals surface area (Å²) in [7, 11) is 0. The summed E-state index contributed by atoms with van der Waals surface area (Å²) < 4.78 is 11.2. The van der Waals surface area contributed by atoms with Crippen molar-refractivity contribution in [2.75, 3.05) is 6.61 Å². The molecule has 2 aromatic rings. The van der Waals surface area contributed by atoms with Gasteiger partial charge in [-0.25, -0.2) is 4.79 Å². The van der Waals surface area contributed by atoms with Crippen molar-refractivity contribution in [1.29, 1.82) is 0 Å². The monoisotopic (exact) mass is 386 g/mol. The third-order valence-corrected chi connectivity index (χ3v) is 5.00. The molecule has 3 rings (SSSR count). The first kappa shape index (κ1) is 19.9. The van der Waals surface area contributed by atoms with Gasteiger partial charge >= 0.3 is 5.63 Å². The zero-order valence-corrected chi connectivity index (χ0v) is 16.1. The van der Waals surface area contributed by atoms with Crippen molar-refractivity contribution < 1.29 is 23.8 Å². The molecule has 1 amide bonds.